The number of anilines is 1. The van der Waals surface area contributed by atoms with E-state index in [9.17, 15) is 13.2 Å². The van der Waals surface area contributed by atoms with Crippen LogP contribution in [0.15, 0.2) is 91.1 Å². The second-order valence-electron chi connectivity index (χ2n) is 10.7. The zero-order chi connectivity index (χ0) is 30.1. The van der Waals surface area contributed by atoms with E-state index in [0.717, 1.165) is 71.6 Å². The van der Waals surface area contributed by atoms with Crippen molar-refractivity contribution in [3.63, 3.8) is 0 Å². The topological polar surface area (TPSA) is 46.7 Å². The van der Waals surface area contributed by atoms with Gasteiger partial charge in [0, 0.05) is 83.4 Å². The van der Waals surface area contributed by atoms with E-state index >= 15 is 0 Å². The van der Waals surface area contributed by atoms with E-state index in [2.05, 4.69) is 37.3 Å². The summed E-state index contributed by atoms with van der Waals surface area (Å²) >= 11 is 12.8. The summed E-state index contributed by atoms with van der Waals surface area (Å²) in [4.78, 5) is 4.78. The molecule has 0 aliphatic carbocycles. The number of rotatable bonds is 7. The molecule has 222 valence electrons. The first-order chi connectivity index (χ1) is 20.6. The zero-order valence-corrected chi connectivity index (χ0v) is 24.6. The molecule has 0 saturated carbocycles. The number of nitrogen functional groups attached to an aromatic ring is 1. The van der Waals surface area contributed by atoms with Gasteiger partial charge in [0.15, 0.2) is 0 Å². The van der Waals surface area contributed by atoms with E-state index < -0.39 is 6.36 Å². The van der Waals surface area contributed by atoms with Gasteiger partial charge in [0.2, 0.25) is 0 Å². The summed E-state index contributed by atoms with van der Waals surface area (Å²) in [7, 11) is 0. The molecule has 1 fully saturated rings. The Morgan fingerprint density at radius 1 is 0.767 bits per heavy atom. The smallest absolute Gasteiger partial charge is 0.406 e. The van der Waals surface area contributed by atoms with Gasteiger partial charge in [-0.05, 0) is 65.7 Å². The standard InChI is InChI=1S/C33H29Cl2F3N4O/c34-30-5-2-6-31(35)29(30)20-41-15-13-40(14-16-41)19-22-7-12-32-27(17-22)28(21-42(32)25-4-1-3-24(39)18-25)23-8-10-26(11-9-23)43-33(36,37)38/h1-12,17-18,21H,13-16,19-20,39H2. The van der Waals surface area contributed by atoms with Gasteiger partial charge in [-0.3, -0.25) is 9.80 Å². The SMILES string of the molecule is Nc1cccc(-n2cc(-c3ccc(OC(F)(F)F)cc3)c3cc(CN4CCN(Cc5c(Cl)cccc5Cl)CC4)ccc32)c1. The van der Waals surface area contributed by atoms with Gasteiger partial charge in [-0.2, -0.15) is 0 Å². The molecule has 43 heavy (non-hydrogen) atoms. The van der Waals surface area contributed by atoms with Crippen molar-refractivity contribution in [2.45, 2.75) is 19.5 Å². The fourth-order valence-corrected chi connectivity index (χ4v) is 6.12. The molecule has 1 aliphatic rings. The Labute approximate surface area is 257 Å². The minimum absolute atomic E-state index is 0.257. The molecule has 0 amide bonds. The Morgan fingerprint density at radius 3 is 2.07 bits per heavy atom. The van der Waals surface area contributed by atoms with Gasteiger partial charge < -0.3 is 15.0 Å². The summed E-state index contributed by atoms with van der Waals surface area (Å²) in [5.41, 5.74) is 12.4. The number of aromatic nitrogens is 1. The molecule has 4 aromatic carbocycles. The average molecular weight is 626 g/mol. The van der Waals surface area contributed by atoms with Crippen LogP contribution in [0.1, 0.15) is 11.1 Å². The summed E-state index contributed by atoms with van der Waals surface area (Å²) < 4.78 is 44.3. The van der Waals surface area contributed by atoms with Crippen molar-refractivity contribution in [3.8, 4) is 22.6 Å². The molecule has 5 aromatic rings. The molecular weight excluding hydrogens is 596 g/mol. The molecular formula is C33H29Cl2F3N4O. The van der Waals surface area contributed by atoms with Gasteiger partial charge in [-0.25, -0.2) is 0 Å². The number of benzene rings is 4. The zero-order valence-electron chi connectivity index (χ0n) is 23.1. The van der Waals surface area contributed by atoms with Crippen LogP contribution in [0.2, 0.25) is 10.0 Å². The summed E-state index contributed by atoms with van der Waals surface area (Å²) in [6, 6.07) is 25.6. The molecule has 0 unspecified atom stereocenters. The lowest BCUT2D eigenvalue weighted by molar-refractivity contribution is -0.274. The van der Waals surface area contributed by atoms with E-state index in [1.54, 1.807) is 12.1 Å². The van der Waals surface area contributed by atoms with Crippen LogP contribution in [0.3, 0.4) is 0 Å². The minimum Gasteiger partial charge on any atom is -0.406 e. The number of halogens is 5. The van der Waals surface area contributed by atoms with Gasteiger partial charge >= 0.3 is 6.36 Å². The van der Waals surface area contributed by atoms with Crippen LogP contribution in [0, 0.1) is 0 Å². The highest BCUT2D eigenvalue weighted by Gasteiger charge is 2.31. The minimum atomic E-state index is -4.74. The average Bonchev–Trinajstić information content (AvgIpc) is 3.34. The number of alkyl halides is 3. The first kappa shape index (κ1) is 29.4. The van der Waals surface area contributed by atoms with E-state index in [4.69, 9.17) is 28.9 Å². The fourth-order valence-electron chi connectivity index (χ4n) is 5.60. The van der Waals surface area contributed by atoms with E-state index in [-0.39, 0.29) is 5.75 Å². The predicted octanol–water partition coefficient (Wildman–Crippen LogP) is 8.40. The van der Waals surface area contributed by atoms with Gasteiger partial charge in [0.05, 0.1) is 5.52 Å². The predicted molar refractivity (Wildman–Crippen MR) is 167 cm³/mol. The van der Waals surface area contributed by atoms with E-state index in [0.29, 0.717) is 22.3 Å². The van der Waals surface area contributed by atoms with E-state index in [1.165, 1.54) is 12.1 Å². The lowest BCUT2D eigenvalue weighted by Gasteiger charge is -2.35. The third-order valence-electron chi connectivity index (χ3n) is 7.73. The summed E-state index contributed by atoms with van der Waals surface area (Å²) in [6.45, 7) is 5.08. The lowest BCUT2D eigenvalue weighted by Crippen LogP contribution is -2.45. The van der Waals surface area contributed by atoms with Crippen LogP contribution in [0.4, 0.5) is 18.9 Å². The van der Waals surface area contributed by atoms with Crippen molar-refractivity contribution in [3.05, 3.63) is 112 Å². The Morgan fingerprint density at radius 2 is 1.42 bits per heavy atom. The number of piperazine rings is 1. The molecule has 5 nitrogen and oxygen atoms in total. The highest BCUT2D eigenvalue weighted by Crippen LogP contribution is 2.35. The monoisotopic (exact) mass is 624 g/mol. The van der Waals surface area contributed by atoms with Crippen LogP contribution in [-0.2, 0) is 13.1 Å². The second-order valence-corrected chi connectivity index (χ2v) is 11.5. The molecule has 0 radical (unpaired) electrons. The van der Waals surface area contributed by atoms with Crippen molar-refractivity contribution in [2.24, 2.45) is 0 Å². The van der Waals surface area contributed by atoms with Crippen LogP contribution in [0.5, 0.6) is 5.75 Å². The summed E-state index contributed by atoms with van der Waals surface area (Å²) in [6.07, 6.45) is -2.74. The Hall–Kier alpha value is -3.69. The summed E-state index contributed by atoms with van der Waals surface area (Å²) in [5, 5.41) is 2.37. The molecule has 0 bridgehead atoms. The highest BCUT2D eigenvalue weighted by molar-refractivity contribution is 6.35. The van der Waals surface area contributed by atoms with Crippen LogP contribution >= 0.6 is 23.2 Å². The number of ether oxygens (including phenoxy) is 1. The Bertz CT molecular complexity index is 1730. The maximum Gasteiger partial charge on any atom is 0.573 e. The van der Waals surface area contributed by atoms with Gasteiger partial charge in [0.1, 0.15) is 5.75 Å². The maximum absolute atomic E-state index is 12.7. The van der Waals surface area contributed by atoms with Gasteiger partial charge in [-0.1, -0.05) is 53.5 Å². The molecule has 1 aliphatic heterocycles. The summed E-state index contributed by atoms with van der Waals surface area (Å²) in [5.74, 6) is -0.257. The first-order valence-corrected chi connectivity index (χ1v) is 14.6. The molecule has 1 aromatic heterocycles. The Balaban J connectivity index is 1.25. The third-order valence-corrected chi connectivity index (χ3v) is 8.44. The van der Waals surface area contributed by atoms with Gasteiger partial charge in [0.25, 0.3) is 0 Å². The van der Waals surface area contributed by atoms with Crippen LogP contribution in [-0.4, -0.2) is 46.9 Å². The second kappa shape index (κ2) is 12.1. The van der Waals surface area contributed by atoms with E-state index in [1.807, 2.05) is 48.7 Å². The van der Waals surface area contributed by atoms with Crippen LogP contribution in [0.25, 0.3) is 27.7 Å². The van der Waals surface area contributed by atoms with Crippen molar-refractivity contribution < 1.29 is 17.9 Å². The lowest BCUT2D eigenvalue weighted by atomic mass is 10.0. The van der Waals surface area contributed by atoms with Crippen molar-refractivity contribution in [2.75, 3.05) is 31.9 Å². The number of nitrogens with zero attached hydrogens (tertiary/aromatic N) is 3. The molecule has 2 N–H and O–H groups in total. The Kier molecular flexibility index (Phi) is 8.29. The number of fused-ring (bicyclic) bond motifs is 1. The van der Waals surface area contributed by atoms with Crippen LogP contribution < -0.4 is 10.5 Å². The normalized spacial score (nSPS) is 14.8. The molecule has 0 atom stereocenters. The van der Waals surface area contributed by atoms with Crippen molar-refractivity contribution >= 4 is 39.8 Å². The largest absolute Gasteiger partial charge is 0.573 e. The molecule has 10 heteroatoms. The molecule has 6 rings (SSSR count). The number of hydrogen-bond donors (Lipinski definition) is 1. The number of nitrogens with two attached hydrogens (primary N) is 1. The number of hydrogen-bond acceptors (Lipinski definition) is 4. The first-order valence-electron chi connectivity index (χ1n) is 13.9. The molecule has 1 saturated heterocycles. The maximum atomic E-state index is 12.7. The highest BCUT2D eigenvalue weighted by atomic mass is 35.5. The quantitative estimate of drug-likeness (QED) is 0.185. The molecule has 0 spiro atoms. The van der Waals surface area contributed by atoms with Gasteiger partial charge in [-0.15, -0.1) is 13.2 Å². The molecule has 2 heterocycles. The van der Waals surface area contributed by atoms with Crippen molar-refractivity contribution in [1.82, 2.24) is 14.4 Å². The fraction of sp³-hybridized carbons (Fsp3) is 0.212. The third kappa shape index (κ3) is 6.78. The van der Waals surface area contributed by atoms with Crippen molar-refractivity contribution in [1.29, 1.82) is 0 Å².